The maximum absolute atomic E-state index is 12.5. The lowest BCUT2D eigenvalue weighted by molar-refractivity contribution is -0.204. The van der Waals surface area contributed by atoms with Crippen LogP contribution in [0.3, 0.4) is 0 Å². The van der Waals surface area contributed by atoms with Crippen molar-refractivity contribution in [2.45, 2.75) is 38.9 Å². The summed E-state index contributed by atoms with van der Waals surface area (Å²) in [5.74, 6) is -0.414. The highest BCUT2D eigenvalue weighted by Crippen LogP contribution is 2.36. The van der Waals surface area contributed by atoms with Crippen LogP contribution >= 0.6 is 0 Å². The standard InChI is InChI=1S/C8H16F3N/c1-5-6(2)7(3,12-4)8(9,10)11/h6,12H,5H2,1-4H3. The largest absolute Gasteiger partial charge is 0.406 e. The van der Waals surface area contributed by atoms with E-state index in [0.717, 1.165) is 0 Å². The van der Waals surface area contributed by atoms with E-state index >= 15 is 0 Å². The third kappa shape index (κ3) is 1.91. The third-order valence-electron chi connectivity index (χ3n) is 2.71. The van der Waals surface area contributed by atoms with Crippen LogP contribution in [-0.4, -0.2) is 18.8 Å². The van der Waals surface area contributed by atoms with Gasteiger partial charge in [0.2, 0.25) is 0 Å². The molecular weight excluding hydrogens is 167 g/mol. The first-order valence-electron chi connectivity index (χ1n) is 4.05. The lowest BCUT2D eigenvalue weighted by atomic mass is 9.84. The molecule has 0 bridgehead atoms. The molecule has 0 amide bonds. The molecule has 1 N–H and O–H groups in total. The molecule has 0 fully saturated rings. The summed E-state index contributed by atoms with van der Waals surface area (Å²) in [4.78, 5) is 0. The summed E-state index contributed by atoms with van der Waals surface area (Å²) in [7, 11) is 1.35. The Hall–Kier alpha value is -0.250. The molecule has 0 heterocycles. The summed E-state index contributed by atoms with van der Waals surface area (Å²) in [6.45, 7) is 4.55. The third-order valence-corrected chi connectivity index (χ3v) is 2.71. The molecule has 0 spiro atoms. The Morgan fingerprint density at radius 2 is 1.75 bits per heavy atom. The smallest absolute Gasteiger partial charge is 0.307 e. The molecule has 1 nitrogen and oxygen atoms in total. The minimum atomic E-state index is -4.18. The van der Waals surface area contributed by atoms with Gasteiger partial charge in [-0.15, -0.1) is 0 Å². The van der Waals surface area contributed by atoms with Crippen LogP contribution in [0.5, 0.6) is 0 Å². The van der Waals surface area contributed by atoms with Gasteiger partial charge >= 0.3 is 6.18 Å². The van der Waals surface area contributed by atoms with Crippen molar-refractivity contribution >= 4 is 0 Å². The summed E-state index contributed by atoms with van der Waals surface area (Å²) in [6.07, 6.45) is -3.67. The second-order valence-corrected chi connectivity index (χ2v) is 3.26. The quantitative estimate of drug-likeness (QED) is 0.709. The van der Waals surface area contributed by atoms with Crippen molar-refractivity contribution in [3.05, 3.63) is 0 Å². The van der Waals surface area contributed by atoms with Gasteiger partial charge in [-0.3, -0.25) is 0 Å². The van der Waals surface area contributed by atoms with Crippen molar-refractivity contribution in [1.29, 1.82) is 0 Å². The first-order valence-corrected chi connectivity index (χ1v) is 4.05. The van der Waals surface area contributed by atoms with E-state index in [0.29, 0.717) is 6.42 Å². The van der Waals surface area contributed by atoms with Crippen molar-refractivity contribution in [3.63, 3.8) is 0 Å². The maximum atomic E-state index is 12.5. The zero-order chi connectivity index (χ0) is 9.99. The van der Waals surface area contributed by atoms with E-state index in [9.17, 15) is 13.2 Å². The van der Waals surface area contributed by atoms with Crippen LogP contribution < -0.4 is 5.32 Å². The van der Waals surface area contributed by atoms with Crippen molar-refractivity contribution in [2.75, 3.05) is 7.05 Å². The molecule has 74 valence electrons. The minimum absolute atomic E-state index is 0.414. The number of rotatable bonds is 3. The van der Waals surface area contributed by atoms with E-state index in [4.69, 9.17) is 0 Å². The summed E-state index contributed by atoms with van der Waals surface area (Å²) in [5, 5.41) is 2.34. The second kappa shape index (κ2) is 3.64. The van der Waals surface area contributed by atoms with Gasteiger partial charge in [0.15, 0.2) is 0 Å². The average Bonchev–Trinajstić information content (AvgIpc) is 1.99. The fourth-order valence-corrected chi connectivity index (χ4v) is 1.08. The van der Waals surface area contributed by atoms with Crippen LogP contribution in [0.25, 0.3) is 0 Å². The molecule has 0 aliphatic carbocycles. The highest BCUT2D eigenvalue weighted by atomic mass is 19.4. The minimum Gasteiger partial charge on any atom is -0.307 e. The summed E-state index contributed by atoms with van der Waals surface area (Å²) < 4.78 is 37.4. The fourth-order valence-electron chi connectivity index (χ4n) is 1.08. The Labute approximate surface area is 71.3 Å². The highest BCUT2D eigenvalue weighted by Gasteiger charge is 2.52. The Balaban J connectivity index is 4.67. The number of hydrogen-bond acceptors (Lipinski definition) is 1. The molecule has 12 heavy (non-hydrogen) atoms. The van der Waals surface area contributed by atoms with E-state index in [1.54, 1.807) is 13.8 Å². The second-order valence-electron chi connectivity index (χ2n) is 3.26. The maximum Gasteiger partial charge on any atom is 0.406 e. The molecule has 0 aliphatic rings. The first-order chi connectivity index (χ1) is 5.29. The molecule has 0 rings (SSSR count). The van der Waals surface area contributed by atoms with Crippen LogP contribution in [0.1, 0.15) is 27.2 Å². The van der Waals surface area contributed by atoms with Crippen LogP contribution in [0.2, 0.25) is 0 Å². The monoisotopic (exact) mass is 183 g/mol. The lowest BCUT2D eigenvalue weighted by Crippen LogP contribution is -2.57. The normalized spacial score (nSPS) is 20.2. The number of alkyl halides is 3. The van der Waals surface area contributed by atoms with E-state index in [2.05, 4.69) is 5.32 Å². The number of hydrogen-bond donors (Lipinski definition) is 1. The van der Waals surface area contributed by atoms with Crippen molar-refractivity contribution < 1.29 is 13.2 Å². The topological polar surface area (TPSA) is 12.0 Å². The van der Waals surface area contributed by atoms with Gasteiger partial charge in [0.1, 0.15) is 5.54 Å². The molecule has 0 aromatic rings. The molecule has 4 heteroatoms. The summed E-state index contributed by atoms with van der Waals surface area (Å²) >= 11 is 0. The van der Waals surface area contributed by atoms with Crippen molar-refractivity contribution in [3.8, 4) is 0 Å². The van der Waals surface area contributed by atoms with Crippen LogP contribution in [0.15, 0.2) is 0 Å². The molecule has 0 saturated heterocycles. The van der Waals surface area contributed by atoms with Crippen molar-refractivity contribution in [1.82, 2.24) is 5.32 Å². The number of halogens is 3. The van der Waals surface area contributed by atoms with Crippen LogP contribution in [0.4, 0.5) is 13.2 Å². The molecule has 0 aromatic carbocycles. The Morgan fingerprint density at radius 1 is 1.33 bits per heavy atom. The molecule has 2 atom stereocenters. The summed E-state index contributed by atoms with van der Waals surface area (Å²) in [6, 6.07) is 0. The van der Waals surface area contributed by atoms with E-state index in [-0.39, 0.29) is 0 Å². The average molecular weight is 183 g/mol. The van der Waals surface area contributed by atoms with E-state index in [1.807, 2.05) is 0 Å². The van der Waals surface area contributed by atoms with Crippen molar-refractivity contribution in [2.24, 2.45) is 5.92 Å². The summed E-state index contributed by atoms with van der Waals surface area (Å²) in [5.41, 5.74) is -1.76. The van der Waals surface area contributed by atoms with Gasteiger partial charge < -0.3 is 5.32 Å². The Kier molecular flexibility index (Phi) is 3.57. The van der Waals surface area contributed by atoms with Gasteiger partial charge in [-0.2, -0.15) is 13.2 Å². The Morgan fingerprint density at radius 3 is 1.83 bits per heavy atom. The number of nitrogens with one attached hydrogen (secondary N) is 1. The van der Waals surface area contributed by atoms with Gasteiger partial charge in [0.05, 0.1) is 0 Å². The zero-order valence-corrected chi connectivity index (χ0v) is 7.92. The predicted molar refractivity (Wildman–Crippen MR) is 43.0 cm³/mol. The molecule has 0 aromatic heterocycles. The van der Waals surface area contributed by atoms with Gasteiger partial charge in [0, 0.05) is 0 Å². The van der Waals surface area contributed by atoms with E-state index < -0.39 is 17.6 Å². The van der Waals surface area contributed by atoms with Crippen LogP contribution in [-0.2, 0) is 0 Å². The lowest BCUT2D eigenvalue weighted by Gasteiger charge is -2.36. The van der Waals surface area contributed by atoms with E-state index in [1.165, 1.54) is 14.0 Å². The van der Waals surface area contributed by atoms with Gasteiger partial charge in [0.25, 0.3) is 0 Å². The highest BCUT2D eigenvalue weighted by molar-refractivity contribution is 4.93. The SMILES string of the molecule is CCC(C)C(C)(NC)C(F)(F)F. The van der Waals surface area contributed by atoms with Gasteiger partial charge in [-0.1, -0.05) is 20.3 Å². The Bertz CT molecular complexity index is 144. The molecule has 2 unspecified atom stereocenters. The zero-order valence-electron chi connectivity index (χ0n) is 7.92. The predicted octanol–water partition coefficient (Wildman–Crippen LogP) is 2.57. The molecule has 0 radical (unpaired) electrons. The van der Waals surface area contributed by atoms with Gasteiger partial charge in [-0.25, -0.2) is 0 Å². The molecule has 0 aliphatic heterocycles. The van der Waals surface area contributed by atoms with Gasteiger partial charge in [-0.05, 0) is 19.9 Å². The first kappa shape index (κ1) is 11.8. The molecule has 0 saturated carbocycles. The molecular formula is C8H16F3N. The van der Waals surface area contributed by atoms with Crippen LogP contribution in [0, 0.1) is 5.92 Å². The fraction of sp³-hybridized carbons (Fsp3) is 1.00.